The highest BCUT2D eigenvalue weighted by atomic mass is 16.7. The van der Waals surface area contributed by atoms with E-state index in [1.54, 1.807) is 0 Å². The lowest BCUT2D eigenvalue weighted by atomic mass is 9.65. The Morgan fingerprint density at radius 3 is 1.32 bits per heavy atom. The van der Waals surface area contributed by atoms with Gasteiger partial charge in [0.25, 0.3) is 0 Å². The summed E-state index contributed by atoms with van der Waals surface area (Å²) in [4.78, 5) is 12.6. The molecule has 6 unspecified atom stereocenters. The minimum Gasteiger partial charge on any atom is -0.431 e. The van der Waals surface area contributed by atoms with Crippen molar-refractivity contribution in [2.75, 3.05) is 0 Å². The summed E-state index contributed by atoms with van der Waals surface area (Å²) in [5.41, 5.74) is 0.504. The fourth-order valence-corrected chi connectivity index (χ4v) is 6.10. The summed E-state index contributed by atoms with van der Waals surface area (Å²) < 4.78 is 11.7. The molecule has 2 rings (SSSR count). The molecule has 0 aromatic rings. The van der Waals surface area contributed by atoms with E-state index in [1.807, 2.05) is 0 Å². The van der Waals surface area contributed by atoms with Gasteiger partial charge >= 0.3 is 6.16 Å². The van der Waals surface area contributed by atoms with Crippen molar-refractivity contribution in [3.63, 3.8) is 0 Å². The van der Waals surface area contributed by atoms with Crippen molar-refractivity contribution in [2.45, 2.75) is 119 Å². The van der Waals surface area contributed by atoms with Crippen molar-refractivity contribution in [3.8, 4) is 0 Å². The maximum Gasteiger partial charge on any atom is 0.508 e. The predicted octanol–water partition coefficient (Wildman–Crippen LogP) is 7.62. The van der Waals surface area contributed by atoms with Crippen LogP contribution in [-0.2, 0) is 9.47 Å². The van der Waals surface area contributed by atoms with Crippen molar-refractivity contribution in [1.29, 1.82) is 0 Å². The molecule has 0 radical (unpaired) electrons. The van der Waals surface area contributed by atoms with Crippen LogP contribution < -0.4 is 0 Å². The lowest BCUT2D eigenvalue weighted by molar-refractivity contribution is -0.0632. The molecular formula is C25H46O3. The van der Waals surface area contributed by atoms with Crippen LogP contribution in [-0.4, -0.2) is 18.4 Å². The zero-order valence-corrected chi connectivity index (χ0v) is 19.8. The molecule has 2 aliphatic rings. The molecule has 3 nitrogen and oxygen atoms in total. The van der Waals surface area contributed by atoms with E-state index in [1.165, 1.54) is 38.5 Å². The molecule has 3 heteroatoms. The van der Waals surface area contributed by atoms with Crippen LogP contribution in [0.3, 0.4) is 0 Å². The second kappa shape index (κ2) is 9.39. The average Bonchev–Trinajstić information content (AvgIpc) is 2.60. The van der Waals surface area contributed by atoms with Crippen molar-refractivity contribution in [2.24, 2.45) is 34.5 Å². The van der Waals surface area contributed by atoms with Crippen LogP contribution in [0.15, 0.2) is 0 Å². The largest absolute Gasteiger partial charge is 0.508 e. The number of carbonyl (C=O) groups is 1. The molecule has 0 spiro atoms. The molecule has 0 heterocycles. The molecule has 2 aliphatic carbocycles. The number of ether oxygens (including phenoxy) is 2. The maximum atomic E-state index is 12.6. The Balaban J connectivity index is 1.94. The fraction of sp³-hybridized carbons (Fsp3) is 0.960. The van der Waals surface area contributed by atoms with E-state index in [-0.39, 0.29) is 23.0 Å². The van der Waals surface area contributed by atoms with Crippen LogP contribution in [0.5, 0.6) is 0 Å². The molecule has 0 amide bonds. The minimum absolute atomic E-state index is 0.0750. The Labute approximate surface area is 174 Å². The van der Waals surface area contributed by atoms with Crippen molar-refractivity contribution in [1.82, 2.24) is 0 Å². The predicted molar refractivity (Wildman–Crippen MR) is 116 cm³/mol. The second-order valence-electron chi connectivity index (χ2n) is 11.7. The third-order valence-corrected chi connectivity index (χ3v) is 7.63. The van der Waals surface area contributed by atoms with E-state index < -0.39 is 6.16 Å². The van der Waals surface area contributed by atoms with Gasteiger partial charge in [0.15, 0.2) is 0 Å². The highest BCUT2D eigenvalue weighted by Gasteiger charge is 2.40. The lowest BCUT2D eigenvalue weighted by Crippen LogP contribution is -2.41. The van der Waals surface area contributed by atoms with Gasteiger partial charge in [-0.25, -0.2) is 4.79 Å². The summed E-state index contributed by atoms with van der Waals surface area (Å²) in [6.45, 7) is 18.0. The van der Waals surface area contributed by atoms with Crippen LogP contribution >= 0.6 is 0 Å². The highest BCUT2D eigenvalue weighted by Crippen LogP contribution is 2.45. The first kappa shape index (κ1) is 23.5. The summed E-state index contributed by atoms with van der Waals surface area (Å²) in [6, 6.07) is 0. The first-order valence-electron chi connectivity index (χ1n) is 11.8. The van der Waals surface area contributed by atoms with Gasteiger partial charge in [-0.1, -0.05) is 67.2 Å². The van der Waals surface area contributed by atoms with Crippen LogP contribution in [0.25, 0.3) is 0 Å². The van der Waals surface area contributed by atoms with Gasteiger partial charge in [-0.2, -0.15) is 0 Å². The number of carbonyl (C=O) groups excluding carboxylic acids is 1. The van der Waals surface area contributed by atoms with Crippen molar-refractivity contribution < 1.29 is 14.3 Å². The molecule has 0 aromatic carbocycles. The molecule has 2 fully saturated rings. The molecule has 0 saturated heterocycles. The van der Waals surface area contributed by atoms with E-state index in [4.69, 9.17) is 9.47 Å². The molecule has 164 valence electrons. The summed E-state index contributed by atoms with van der Waals surface area (Å²) >= 11 is 0. The van der Waals surface area contributed by atoms with Crippen molar-refractivity contribution in [3.05, 3.63) is 0 Å². The van der Waals surface area contributed by atoms with Crippen LogP contribution in [0.1, 0.15) is 107 Å². The fourth-order valence-electron chi connectivity index (χ4n) is 6.10. The highest BCUT2D eigenvalue weighted by molar-refractivity contribution is 5.60. The van der Waals surface area contributed by atoms with Gasteiger partial charge in [0.1, 0.15) is 12.2 Å². The topological polar surface area (TPSA) is 35.5 Å². The van der Waals surface area contributed by atoms with Gasteiger partial charge in [-0.3, -0.25) is 0 Å². The van der Waals surface area contributed by atoms with E-state index in [0.717, 1.165) is 12.8 Å². The maximum absolute atomic E-state index is 12.6. The smallest absolute Gasteiger partial charge is 0.431 e. The Morgan fingerprint density at radius 1 is 0.679 bits per heavy atom. The quantitative estimate of drug-likeness (QED) is 0.460. The summed E-state index contributed by atoms with van der Waals surface area (Å²) in [6.07, 6.45) is 9.24. The number of hydrogen-bond acceptors (Lipinski definition) is 3. The standard InChI is InChI=1S/C25H46O3/c1-17(19-13-9-11-15-21(19)24(3,4)5)27-23(26)28-18(2)20-14-10-12-16-22(20)25(6,7)8/h17-22H,9-16H2,1-8H3. The molecule has 28 heavy (non-hydrogen) atoms. The number of rotatable bonds is 4. The van der Waals surface area contributed by atoms with Gasteiger partial charge in [-0.05, 0) is 74.0 Å². The zero-order chi connectivity index (χ0) is 21.1. The minimum atomic E-state index is -0.462. The molecule has 0 aliphatic heterocycles. The van der Waals surface area contributed by atoms with Crippen LogP contribution in [0.4, 0.5) is 4.79 Å². The molecule has 0 N–H and O–H groups in total. The second-order valence-corrected chi connectivity index (χ2v) is 11.7. The van der Waals surface area contributed by atoms with E-state index in [9.17, 15) is 4.79 Å². The van der Waals surface area contributed by atoms with Gasteiger partial charge < -0.3 is 9.47 Å². The Bertz CT molecular complexity index is 455. The average molecular weight is 395 g/mol. The van der Waals surface area contributed by atoms with E-state index in [2.05, 4.69) is 55.4 Å². The molecule has 2 saturated carbocycles. The summed E-state index contributed by atoms with van der Waals surface area (Å²) in [5, 5.41) is 0. The van der Waals surface area contributed by atoms with E-state index >= 15 is 0 Å². The van der Waals surface area contributed by atoms with Crippen molar-refractivity contribution >= 4 is 6.16 Å². The Hall–Kier alpha value is -0.730. The zero-order valence-electron chi connectivity index (χ0n) is 19.8. The third-order valence-electron chi connectivity index (χ3n) is 7.63. The lowest BCUT2D eigenvalue weighted by Gasteiger charge is -2.43. The van der Waals surface area contributed by atoms with E-state index in [0.29, 0.717) is 23.7 Å². The normalized spacial score (nSPS) is 31.7. The first-order chi connectivity index (χ1) is 12.9. The first-order valence-corrected chi connectivity index (χ1v) is 11.8. The monoisotopic (exact) mass is 394 g/mol. The van der Waals surface area contributed by atoms with Gasteiger partial charge in [-0.15, -0.1) is 0 Å². The molecule has 0 aromatic heterocycles. The van der Waals surface area contributed by atoms with Gasteiger partial charge in [0.05, 0.1) is 0 Å². The molecule has 0 bridgehead atoms. The summed E-state index contributed by atoms with van der Waals surface area (Å²) in [5.74, 6) is 2.08. The van der Waals surface area contributed by atoms with Crippen LogP contribution in [0.2, 0.25) is 0 Å². The third kappa shape index (κ3) is 6.13. The molecular weight excluding hydrogens is 348 g/mol. The SMILES string of the molecule is CC(OC(=O)OC(C)C1CCCCC1C(C)(C)C)C1CCCCC1C(C)(C)C. The van der Waals surface area contributed by atoms with Gasteiger partial charge in [0.2, 0.25) is 0 Å². The number of hydrogen-bond donors (Lipinski definition) is 0. The Kier molecular flexibility index (Phi) is 7.90. The Morgan fingerprint density at radius 2 is 1.00 bits per heavy atom. The van der Waals surface area contributed by atoms with Crippen LogP contribution in [0, 0.1) is 34.5 Å². The van der Waals surface area contributed by atoms with Gasteiger partial charge in [0, 0.05) is 0 Å². The molecule has 6 atom stereocenters. The summed E-state index contributed by atoms with van der Waals surface area (Å²) in [7, 11) is 0.